The van der Waals surface area contributed by atoms with E-state index in [1.165, 1.54) is 38.8 Å². The lowest BCUT2D eigenvalue weighted by atomic mass is 9.90. The van der Waals surface area contributed by atoms with E-state index in [9.17, 15) is 0 Å². The molecular weight excluding hydrogens is 160 g/mol. The number of piperidine rings is 1. The van der Waals surface area contributed by atoms with Crippen LogP contribution in [0.15, 0.2) is 0 Å². The molecule has 0 bridgehead atoms. The standard InChI is InChI=1S/C11H22N2/c1-9(12-2)10-5-7-13(8-6-10)11-3-4-11/h9-12H,3-8H2,1-2H3. The number of hydrogen-bond donors (Lipinski definition) is 1. The molecular formula is C11H22N2. The highest BCUT2D eigenvalue weighted by Gasteiger charge is 2.32. The van der Waals surface area contributed by atoms with Crippen LogP contribution >= 0.6 is 0 Å². The van der Waals surface area contributed by atoms with E-state index in [0.29, 0.717) is 6.04 Å². The Labute approximate surface area is 81.7 Å². The Morgan fingerprint density at radius 3 is 2.23 bits per heavy atom. The van der Waals surface area contributed by atoms with Gasteiger partial charge in [-0.15, -0.1) is 0 Å². The molecule has 0 aromatic carbocycles. The predicted octanol–water partition coefficient (Wildman–Crippen LogP) is 1.47. The smallest absolute Gasteiger partial charge is 0.00964 e. The van der Waals surface area contributed by atoms with Gasteiger partial charge in [0.05, 0.1) is 0 Å². The molecule has 1 atom stereocenters. The molecule has 1 aliphatic carbocycles. The van der Waals surface area contributed by atoms with Gasteiger partial charge in [-0.1, -0.05) is 0 Å². The maximum Gasteiger partial charge on any atom is 0.00964 e. The molecule has 2 nitrogen and oxygen atoms in total. The molecule has 2 heteroatoms. The summed E-state index contributed by atoms with van der Waals surface area (Å²) in [5.41, 5.74) is 0. The molecule has 13 heavy (non-hydrogen) atoms. The normalized spacial score (nSPS) is 29.1. The Morgan fingerprint density at radius 1 is 1.15 bits per heavy atom. The molecule has 2 fully saturated rings. The second-order valence-corrected chi connectivity index (χ2v) is 4.68. The molecule has 1 saturated heterocycles. The molecule has 0 aromatic heterocycles. The van der Waals surface area contributed by atoms with Crippen LogP contribution in [-0.4, -0.2) is 37.1 Å². The summed E-state index contributed by atoms with van der Waals surface area (Å²) in [6.07, 6.45) is 5.73. The van der Waals surface area contributed by atoms with Crippen LogP contribution in [0.25, 0.3) is 0 Å². The Balaban J connectivity index is 1.74. The zero-order chi connectivity index (χ0) is 9.26. The Bertz CT molecular complexity index is 157. The van der Waals surface area contributed by atoms with Crippen LogP contribution in [0, 0.1) is 5.92 Å². The van der Waals surface area contributed by atoms with E-state index in [0.717, 1.165) is 12.0 Å². The van der Waals surface area contributed by atoms with Gasteiger partial charge in [0.1, 0.15) is 0 Å². The third kappa shape index (κ3) is 2.23. The zero-order valence-electron chi connectivity index (χ0n) is 8.92. The average molecular weight is 182 g/mol. The third-order valence-electron chi connectivity index (χ3n) is 3.80. The van der Waals surface area contributed by atoms with Gasteiger partial charge in [-0.25, -0.2) is 0 Å². The molecule has 1 saturated carbocycles. The van der Waals surface area contributed by atoms with Gasteiger partial charge in [0.25, 0.3) is 0 Å². The van der Waals surface area contributed by atoms with Crippen molar-refractivity contribution in [3.05, 3.63) is 0 Å². The Morgan fingerprint density at radius 2 is 1.77 bits per heavy atom. The maximum absolute atomic E-state index is 3.38. The van der Waals surface area contributed by atoms with E-state index in [4.69, 9.17) is 0 Å². The number of likely N-dealkylation sites (tertiary alicyclic amines) is 1. The summed E-state index contributed by atoms with van der Waals surface area (Å²) in [4.78, 5) is 2.69. The van der Waals surface area contributed by atoms with Crippen LogP contribution in [0.5, 0.6) is 0 Å². The van der Waals surface area contributed by atoms with Gasteiger partial charge in [-0.3, -0.25) is 0 Å². The lowest BCUT2D eigenvalue weighted by molar-refractivity contribution is 0.158. The molecule has 0 amide bonds. The van der Waals surface area contributed by atoms with Crippen molar-refractivity contribution in [1.29, 1.82) is 0 Å². The lowest BCUT2D eigenvalue weighted by Crippen LogP contribution is -2.41. The summed E-state index contributed by atoms with van der Waals surface area (Å²) < 4.78 is 0. The maximum atomic E-state index is 3.38. The van der Waals surface area contributed by atoms with E-state index in [2.05, 4.69) is 24.2 Å². The Hall–Kier alpha value is -0.0800. The van der Waals surface area contributed by atoms with Crippen molar-refractivity contribution >= 4 is 0 Å². The summed E-state index contributed by atoms with van der Waals surface area (Å²) in [6.45, 7) is 5.01. The summed E-state index contributed by atoms with van der Waals surface area (Å²) in [5, 5.41) is 3.38. The lowest BCUT2D eigenvalue weighted by Gasteiger charge is -2.34. The number of hydrogen-bond acceptors (Lipinski definition) is 2. The molecule has 2 rings (SSSR count). The van der Waals surface area contributed by atoms with E-state index in [1.54, 1.807) is 0 Å². The van der Waals surface area contributed by atoms with E-state index in [-0.39, 0.29) is 0 Å². The van der Waals surface area contributed by atoms with Crippen molar-refractivity contribution in [3.8, 4) is 0 Å². The molecule has 2 aliphatic rings. The van der Waals surface area contributed by atoms with Gasteiger partial charge < -0.3 is 10.2 Å². The topological polar surface area (TPSA) is 15.3 Å². The largest absolute Gasteiger partial charge is 0.317 e. The van der Waals surface area contributed by atoms with Crippen molar-refractivity contribution < 1.29 is 0 Å². The summed E-state index contributed by atoms with van der Waals surface area (Å²) >= 11 is 0. The monoisotopic (exact) mass is 182 g/mol. The predicted molar refractivity (Wildman–Crippen MR) is 55.8 cm³/mol. The van der Waals surface area contributed by atoms with Crippen LogP contribution in [0.3, 0.4) is 0 Å². The highest BCUT2D eigenvalue weighted by Crippen LogP contribution is 2.31. The van der Waals surface area contributed by atoms with Crippen LogP contribution in [0.4, 0.5) is 0 Å². The zero-order valence-corrected chi connectivity index (χ0v) is 8.92. The molecule has 1 heterocycles. The van der Waals surface area contributed by atoms with Gasteiger partial charge in [0.15, 0.2) is 0 Å². The highest BCUT2D eigenvalue weighted by molar-refractivity contribution is 4.88. The number of nitrogens with one attached hydrogen (secondary N) is 1. The first-order valence-electron chi connectivity index (χ1n) is 5.72. The number of nitrogens with zero attached hydrogens (tertiary/aromatic N) is 1. The molecule has 0 radical (unpaired) electrons. The summed E-state index contributed by atoms with van der Waals surface area (Å²) in [5.74, 6) is 0.917. The minimum atomic E-state index is 0.710. The van der Waals surface area contributed by atoms with Crippen molar-refractivity contribution in [2.24, 2.45) is 5.92 Å². The van der Waals surface area contributed by atoms with Gasteiger partial charge in [-0.05, 0) is 58.7 Å². The average Bonchev–Trinajstić information content (AvgIpc) is 3.00. The molecule has 1 N–H and O–H groups in total. The molecule has 1 unspecified atom stereocenters. The molecule has 76 valence electrons. The van der Waals surface area contributed by atoms with Crippen LogP contribution in [0.2, 0.25) is 0 Å². The first-order chi connectivity index (χ1) is 6.31. The summed E-state index contributed by atoms with van der Waals surface area (Å²) in [7, 11) is 2.08. The molecule has 0 aromatic rings. The number of rotatable bonds is 3. The van der Waals surface area contributed by atoms with E-state index in [1.807, 2.05) is 0 Å². The fourth-order valence-electron chi connectivity index (χ4n) is 2.46. The first-order valence-corrected chi connectivity index (χ1v) is 5.72. The third-order valence-corrected chi connectivity index (χ3v) is 3.80. The van der Waals surface area contributed by atoms with Crippen LogP contribution < -0.4 is 5.32 Å². The van der Waals surface area contributed by atoms with Crippen molar-refractivity contribution in [2.45, 2.75) is 44.7 Å². The van der Waals surface area contributed by atoms with Gasteiger partial charge in [-0.2, -0.15) is 0 Å². The van der Waals surface area contributed by atoms with E-state index >= 15 is 0 Å². The van der Waals surface area contributed by atoms with Gasteiger partial charge >= 0.3 is 0 Å². The fourth-order valence-corrected chi connectivity index (χ4v) is 2.46. The van der Waals surface area contributed by atoms with Gasteiger partial charge in [0, 0.05) is 12.1 Å². The molecule has 1 aliphatic heterocycles. The second-order valence-electron chi connectivity index (χ2n) is 4.68. The second kappa shape index (κ2) is 3.97. The van der Waals surface area contributed by atoms with Crippen molar-refractivity contribution in [2.75, 3.05) is 20.1 Å². The Kier molecular flexibility index (Phi) is 2.89. The molecule has 0 spiro atoms. The summed E-state index contributed by atoms with van der Waals surface area (Å²) in [6, 6.07) is 1.69. The van der Waals surface area contributed by atoms with Crippen molar-refractivity contribution in [1.82, 2.24) is 10.2 Å². The van der Waals surface area contributed by atoms with Crippen molar-refractivity contribution in [3.63, 3.8) is 0 Å². The van der Waals surface area contributed by atoms with Gasteiger partial charge in [0.2, 0.25) is 0 Å². The minimum Gasteiger partial charge on any atom is -0.317 e. The first kappa shape index (κ1) is 9.47. The quantitative estimate of drug-likeness (QED) is 0.711. The highest BCUT2D eigenvalue weighted by atomic mass is 15.2. The van der Waals surface area contributed by atoms with Crippen LogP contribution in [-0.2, 0) is 0 Å². The minimum absolute atomic E-state index is 0.710. The van der Waals surface area contributed by atoms with E-state index < -0.39 is 0 Å². The fraction of sp³-hybridized carbons (Fsp3) is 1.00. The van der Waals surface area contributed by atoms with Crippen LogP contribution in [0.1, 0.15) is 32.6 Å². The SMILES string of the molecule is CNC(C)C1CCN(C2CC2)CC1.